The number of nitrogens with one attached hydrogen (secondary N) is 2. The van der Waals surface area contributed by atoms with Gasteiger partial charge in [-0.2, -0.15) is 0 Å². The van der Waals surface area contributed by atoms with Crippen molar-refractivity contribution in [3.63, 3.8) is 0 Å². The van der Waals surface area contributed by atoms with Crippen LogP contribution in [0.25, 0.3) is 0 Å². The Morgan fingerprint density at radius 3 is 2.70 bits per heavy atom. The van der Waals surface area contributed by atoms with Crippen LogP contribution < -0.4 is 10.6 Å². The van der Waals surface area contributed by atoms with Gasteiger partial charge in [-0.15, -0.1) is 0 Å². The van der Waals surface area contributed by atoms with Crippen molar-refractivity contribution in [2.75, 3.05) is 18.4 Å². The van der Waals surface area contributed by atoms with Crippen molar-refractivity contribution < 1.29 is 4.79 Å². The summed E-state index contributed by atoms with van der Waals surface area (Å²) in [7, 11) is 0. The van der Waals surface area contributed by atoms with Gasteiger partial charge < -0.3 is 10.6 Å². The second kappa shape index (κ2) is 5.78. The van der Waals surface area contributed by atoms with E-state index in [-0.39, 0.29) is 5.91 Å². The number of anilines is 1. The molecule has 3 rings (SSSR count). The van der Waals surface area contributed by atoms with Crippen LogP contribution in [-0.4, -0.2) is 19.0 Å². The zero-order valence-electron chi connectivity index (χ0n) is 11.3. The number of carbonyl (C=O) groups is 1. The molecular formula is C17H18N2O. The summed E-state index contributed by atoms with van der Waals surface area (Å²) in [6, 6.07) is 17.7. The second-order valence-corrected chi connectivity index (χ2v) is 5.08. The molecule has 0 saturated heterocycles. The molecule has 0 aliphatic carbocycles. The Kier molecular flexibility index (Phi) is 3.68. The Morgan fingerprint density at radius 1 is 1.10 bits per heavy atom. The van der Waals surface area contributed by atoms with Crippen LogP contribution in [0.4, 0.5) is 5.69 Å². The zero-order valence-corrected chi connectivity index (χ0v) is 11.3. The minimum absolute atomic E-state index is 0.00448. The van der Waals surface area contributed by atoms with Crippen molar-refractivity contribution in [3.8, 4) is 0 Å². The van der Waals surface area contributed by atoms with Crippen molar-refractivity contribution in [2.45, 2.75) is 12.3 Å². The molecule has 0 saturated carbocycles. The van der Waals surface area contributed by atoms with Crippen LogP contribution in [0, 0.1) is 0 Å². The van der Waals surface area contributed by atoms with Gasteiger partial charge in [0.2, 0.25) is 0 Å². The molecule has 0 spiro atoms. The zero-order chi connectivity index (χ0) is 13.8. The van der Waals surface area contributed by atoms with Crippen molar-refractivity contribution in [1.82, 2.24) is 5.32 Å². The van der Waals surface area contributed by atoms with Crippen molar-refractivity contribution in [1.29, 1.82) is 0 Å². The lowest BCUT2D eigenvalue weighted by Crippen LogP contribution is -2.25. The molecule has 0 bridgehead atoms. The Hall–Kier alpha value is -2.29. The van der Waals surface area contributed by atoms with Gasteiger partial charge in [0, 0.05) is 30.3 Å². The highest BCUT2D eigenvalue weighted by Crippen LogP contribution is 2.32. The lowest BCUT2D eigenvalue weighted by Gasteiger charge is -2.11. The van der Waals surface area contributed by atoms with E-state index in [1.165, 1.54) is 11.3 Å². The summed E-state index contributed by atoms with van der Waals surface area (Å²) in [4.78, 5) is 11.9. The average molecular weight is 266 g/mol. The van der Waals surface area contributed by atoms with Gasteiger partial charge >= 0.3 is 0 Å². The minimum Gasteiger partial charge on any atom is -0.384 e. The molecule has 2 N–H and O–H groups in total. The van der Waals surface area contributed by atoms with Crippen LogP contribution in [0.15, 0.2) is 54.6 Å². The molecule has 3 heteroatoms. The van der Waals surface area contributed by atoms with Gasteiger partial charge in [-0.1, -0.05) is 36.4 Å². The minimum atomic E-state index is 0.00448. The molecule has 0 aromatic heterocycles. The molecule has 1 aliphatic heterocycles. The predicted octanol–water partition coefficient (Wildman–Crippen LogP) is 3.02. The van der Waals surface area contributed by atoms with Gasteiger partial charge in [0.05, 0.1) is 0 Å². The first-order valence-electron chi connectivity index (χ1n) is 7.00. The van der Waals surface area contributed by atoms with E-state index >= 15 is 0 Å². The van der Waals surface area contributed by atoms with Gasteiger partial charge in [0.15, 0.2) is 0 Å². The monoisotopic (exact) mass is 266 g/mol. The fraction of sp³-hybridized carbons (Fsp3) is 0.235. The second-order valence-electron chi connectivity index (χ2n) is 5.08. The number of amides is 1. The van der Waals surface area contributed by atoms with Crippen LogP contribution in [0.3, 0.4) is 0 Å². The van der Waals surface area contributed by atoms with Crippen LogP contribution >= 0.6 is 0 Å². The number of hydrogen-bond acceptors (Lipinski definition) is 2. The SMILES string of the molecule is O=C(NCCC1CNc2ccccc21)c1ccccc1. The lowest BCUT2D eigenvalue weighted by molar-refractivity contribution is 0.0952. The smallest absolute Gasteiger partial charge is 0.251 e. The Morgan fingerprint density at radius 2 is 1.85 bits per heavy atom. The van der Waals surface area contributed by atoms with Crippen molar-refractivity contribution >= 4 is 11.6 Å². The number of para-hydroxylation sites is 1. The highest BCUT2D eigenvalue weighted by molar-refractivity contribution is 5.94. The standard InChI is InChI=1S/C17H18N2O/c20-17(13-6-2-1-3-7-13)18-11-10-14-12-19-16-9-5-4-8-15(14)16/h1-9,14,19H,10-12H2,(H,18,20). The number of fused-ring (bicyclic) bond motifs is 1. The maximum atomic E-state index is 11.9. The topological polar surface area (TPSA) is 41.1 Å². The van der Waals surface area contributed by atoms with E-state index in [1.54, 1.807) is 0 Å². The van der Waals surface area contributed by atoms with Crippen LogP contribution in [0.5, 0.6) is 0 Å². The lowest BCUT2D eigenvalue weighted by atomic mass is 9.98. The Bertz CT molecular complexity index is 595. The summed E-state index contributed by atoms with van der Waals surface area (Å²) in [6.07, 6.45) is 0.961. The van der Waals surface area contributed by atoms with Crippen LogP contribution in [0.2, 0.25) is 0 Å². The number of benzene rings is 2. The van der Waals surface area contributed by atoms with E-state index in [1.807, 2.05) is 36.4 Å². The molecule has 1 aliphatic rings. The first-order valence-corrected chi connectivity index (χ1v) is 7.00. The largest absolute Gasteiger partial charge is 0.384 e. The fourth-order valence-electron chi connectivity index (χ4n) is 2.67. The van der Waals surface area contributed by atoms with E-state index in [0.29, 0.717) is 12.5 Å². The number of rotatable bonds is 4. The predicted molar refractivity (Wildman–Crippen MR) is 81.1 cm³/mol. The third kappa shape index (κ3) is 2.67. The third-order valence-corrected chi connectivity index (χ3v) is 3.75. The molecule has 2 aromatic carbocycles. The summed E-state index contributed by atoms with van der Waals surface area (Å²) < 4.78 is 0. The Balaban J connectivity index is 1.53. The third-order valence-electron chi connectivity index (χ3n) is 3.75. The summed E-state index contributed by atoms with van der Waals surface area (Å²) in [5, 5.41) is 6.40. The molecule has 0 fully saturated rings. The van der Waals surface area contributed by atoms with E-state index in [2.05, 4.69) is 28.8 Å². The molecule has 1 unspecified atom stereocenters. The summed E-state index contributed by atoms with van der Waals surface area (Å²) in [6.45, 7) is 1.66. The van der Waals surface area contributed by atoms with Gasteiger partial charge in [-0.05, 0) is 30.2 Å². The molecule has 0 radical (unpaired) electrons. The highest BCUT2D eigenvalue weighted by atomic mass is 16.1. The van der Waals surface area contributed by atoms with Crippen LogP contribution in [-0.2, 0) is 0 Å². The van der Waals surface area contributed by atoms with Crippen molar-refractivity contribution in [3.05, 3.63) is 65.7 Å². The average Bonchev–Trinajstić information content (AvgIpc) is 2.92. The Labute approximate surface area is 119 Å². The molecule has 20 heavy (non-hydrogen) atoms. The van der Waals surface area contributed by atoms with Gasteiger partial charge in [-0.25, -0.2) is 0 Å². The van der Waals surface area contributed by atoms with Gasteiger partial charge in [0.25, 0.3) is 5.91 Å². The summed E-state index contributed by atoms with van der Waals surface area (Å²) >= 11 is 0. The van der Waals surface area contributed by atoms with Gasteiger partial charge in [0.1, 0.15) is 0 Å². The molecule has 102 valence electrons. The molecule has 1 amide bonds. The number of carbonyl (C=O) groups excluding carboxylic acids is 1. The molecular weight excluding hydrogens is 248 g/mol. The fourth-order valence-corrected chi connectivity index (χ4v) is 2.67. The van der Waals surface area contributed by atoms with E-state index in [9.17, 15) is 4.79 Å². The van der Waals surface area contributed by atoms with E-state index in [0.717, 1.165) is 18.5 Å². The van der Waals surface area contributed by atoms with E-state index in [4.69, 9.17) is 0 Å². The molecule has 3 nitrogen and oxygen atoms in total. The normalized spacial score (nSPS) is 16.3. The first kappa shape index (κ1) is 12.7. The quantitative estimate of drug-likeness (QED) is 0.893. The maximum absolute atomic E-state index is 11.9. The molecule has 1 atom stereocenters. The summed E-state index contributed by atoms with van der Waals surface area (Å²) in [5.74, 6) is 0.493. The maximum Gasteiger partial charge on any atom is 0.251 e. The number of hydrogen-bond donors (Lipinski definition) is 2. The van der Waals surface area contributed by atoms with Crippen LogP contribution in [0.1, 0.15) is 28.3 Å². The van der Waals surface area contributed by atoms with Crippen molar-refractivity contribution in [2.24, 2.45) is 0 Å². The molecule has 1 heterocycles. The molecule has 2 aromatic rings. The highest BCUT2D eigenvalue weighted by Gasteiger charge is 2.21. The van der Waals surface area contributed by atoms with Gasteiger partial charge in [-0.3, -0.25) is 4.79 Å². The van der Waals surface area contributed by atoms with E-state index < -0.39 is 0 Å². The first-order chi connectivity index (χ1) is 9.84. The summed E-state index contributed by atoms with van der Waals surface area (Å²) in [5.41, 5.74) is 3.31.